The van der Waals surface area contributed by atoms with E-state index in [1.54, 1.807) is 17.1 Å². The second kappa shape index (κ2) is 7.54. The average Bonchev–Trinajstić information content (AvgIpc) is 3.43. The molecule has 0 radical (unpaired) electrons. The van der Waals surface area contributed by atoms with Crippen molar-refractivity contribution in [2.24, 2.45) is 0 Å². The predicted molar refractivity (Wildman–Crippen MR) is 114 cm³/mol. The third-order valence-corrected chi connectivity index (χ3v) is 4.94. The van der Waals surface area contributed by atoms with Crippen LogP contribution in [0.2, 0.25) is 0 Å². The average molecular weight is 430 g/mol. The lowest BCUT2D eigenvalue weighted by molar-refractivity contribution is -0.385. The summed E-state index contributed by atoms with van der Waals surface area (Å²) in [5, 5.41) is 20.3. The molecule has 0 aliphatic rings. The molecule has 0 bridgehead atoms. The highest BCUT2D eigenvalue weighted by Crippen LogP contribution is 2.24. The molecule has 0 amide bonds. The smallest absolute Gasteiger partial charge is 0.272 e. The van der Waals surface area contributed by atoms with Crippen molar-refractivity contribution in [2.45, 2.75) is 6.54 Å². The number of fused-ring (bicyclic) bond motifs is 1. The minimum Gasteiger partial charge on any atom is -0.368 e. The highest BCUT2D eigenvalue weighted by Gasteiger charge is 2.17. The van der Waals surface area contributed by atoms with Crippen molar-refractivity contribution >= 4 is 22.7 Å². The molecule has 3 heterocycles. The van der Waals surface area contributed by atoms with Crippen molar-refractivity contribution in [3.8, 4) is 17.1 Å². The molecule has 2 N–H and O–H groups in total. The van der Waals surface area contributed by atoms with Gasteiger partial charge in [-0.15, -0.1) is 0 Å². The molecule has 5 rings (SSSR count). The summed E-state index contributed by atoms with van der Waals surface area (Å²) in [4.78, 5) is 18.8. The molecule has 0 spiro atoms. The van der Waals surface area contributed by atoms with E-state index < -0.39 is 10.7 Å². The van der Waals surface area contributed by atoms with Gasteiger partial charge in [0.1, 0.15) is 5.82 Å². The fourth-order valence-corrected chi connectivity index (χ4v) is 3.39. The van der Waals surface area contributed by atoms with Crippen LogP contribution in [0.4, 0.5) is 16.0 Å². The van der Waals surface area contributed by atoms with Crippen molar-refractivity contribution in [2.75, 3.05) is 5.73 Å². The number of hydrogen-bond donors (Lipinski definition) is 1. The van der Waals surface area contributed by atoms with Crippen LogP contribution >= 0.6 is 0 Å². The van der Waals surface area contributed by atoms with E-state index in [9.17, 15) is 14.5 Å². The van der Waals surface area contributed by atoms with E-state index in [0.29, 0.717) is 16.9 Å². The molecule has 0 unspecified atom stereocenters. The second-order valence-electron chi connectivity index (χ2n) is 6.99. The largest absolute Gasteiger partial charge is 0.368 e. The normalized spacial score (nSPS) is 11.2. The number of halogens is 1. The molecule has 0 aliphatic carbocycles. The summed E-state index contributed by atoms with van der Waals surface area (Å²) in [5.41, 5.74) is 7.94. The molecular weight excluding hydrogens is 415 g/mol. The monoisotopic (exact) mass is 430 g/mol. The first-order valence-corrected chi connectivity index (χ1v) is 9.53. The van der Waals surface area contributed by atoms with E-state index in [1.807, 2.05) is 36.4 Å². The van der Waals surface area contributed by atoms with Gasteiger partial charge < -0.3 is 5.73 Å². The van der Waals surface area contributed by atoms with Crippen LogP contribution in [0.3, 0.4) is 0 Å². The van der Waals surface area contributed by atoms with Gasteiger partial charge in [-0.25, -0.2) is 13.8 Å². The van der Waals surface area contributed by atoms with E-state index >= 15 is 0 Å². The molecule has 0 fully saturated rings. The Balaban J connectivity index is 1.54. The van der Waals surface area contributed by atoms with Crippen molar-refractivity contribution in [3.05, 3.63) is 88.5 Å². The number of nitrogen functional groups attached to an aromatic ring is 1. The summed E-state index contributed by atoms with van der Waals surface area (Å²) in [5.74, 6) is -0.259. The van der Waals surface area contributed by atoms with Gasteiger partial charge in [0.15, 0.2) is 11.5 Å². The zero-order valence-electron chi connectivity index (χ0n) is 16.5. The maximum Gasteiger partial charge on any atom is 0.272 e. The highest BCUT2D eigenvalue weighted by molar-refractivity contribution is 5.83. The van der Waals surface area contributed by atoms with Crippen LogP contribution in [0.1, 0.15) is 5.56 Å². The minimum atomic E-state index is -0.704. The Hall–Kier alpha value is -4.67. The summed E-state index contributed by atoms with van der Waals surface area (Å²) in [6, 6.07) is 15.0. The third-order valence-electron chi connectivity index (χ3n) is 4.94. The summed E-state index contributed by atoms with van der Waals surface area (Å²) < 4.78 is 17.4. The Morgan fingerprint density at radius 2 is 1.91 bits per heavy atom. The van der Waals surface area contributed by atoms with Crippen molar-refractivity contribution < 1.29 is 9.31 Å². The van der Waals surface area contributed by atoms with Crippen LogP contribution in [0.15, 0.2) is 67.0 Å². The standard InChI is InChI=1S/C21H15FN8O2/c22-17-10-15(30(31)32)7-6-14(17)12-29-20-16(11-24-29)19(25-21(23)26-20)28-9-8-18(27-28)13-4-2-1-3-5-13/h1-11H,12H2,(H2,23,25,26). The molecular formula is C21H15FN8O2. The number of hydrogen-bond acceptors (Lipinski definition) is 7. The fraction of sp³-hybridized carbons (Fsp3) is 0.0476. The molecule has 0 saturated carbocycles. The summed E-state index contributed by atoms with van der Waals surface area (Å²) >= 11 is 0. The molecule has 11 heteroatoms. The van der Waals surface area contributed by atoms with Crippen LogP contribution in [-0.4, -0.2) is 34.5 Å². The van der Waals surface area contributed by atoms with E-state index in [4.69, 9.17) is 5.73 Å². The molecule has 0 saturated heterocycles. The van der Waals surface area contributed by atoms with Gasteiger partial charge in [-0.1, -0.05) is 30.3 Å². The maximum atomic E-state index is 14.4. The predicted octanol–water partition coefficient (Wildman–Crippen LogP) is 3.36. The molecule has 0 aliphatic heterocycles. The topological polar surface area (TPSA) is 131 Å². The zero-order chi connectivity index (χ0) is 22.2. The number of rotatable bonds is 5. The van der Waals surface area contributed by atoms with E-state index in [-0.39, 0.29) is 23.7 Å². The molecule has 3 aromatic heterocycles. The zero-order valence-corrected chi connectivity index (χ0v) is 16.5. The molecule has 0 atom stereocenters. The van der Waals surface area contributed by atoms with Crippen LogP contribution in [-0.2, 0) is 6.54 Å². The van der Waals surface area contributed by atoms with Crippen LogP contribution in [0.25, 0.3) is 28.1 Å². The van der Waals surface area contributed by atoms with Crippen molar-refractivity contribution in [3.63, 3.8) is 0 Å². The molecule has 2 aromatic carbocycles. The Kier molecular flexibility index (Phi) is 4.55. The number of aromatic nitrogens is 6. The molecule has 158 valence electrons. The van der Waals surface area contributed by atoms with Gasteiger partial charge in [0, 0.05) is 23.4 Å². The fourth-order valence-electron chi connectivity index (χ4n) is 3.39. The van der Waals surface area contributed by atoms with Gasteiger partial charge in [0.05, 0.1) is 34.8 Å². The van der Waals surface area contributed by atoms with Gasteiger partial charge in [0.2, 0.25) is 5.95 Å². The number of nitrogens with two attached hydrogens (primary N) is 1. The van der Waals surface area contributed by atoms with E-state index in [1.165, 1.54) is 16.8 Å². The molecule has 32 heavy (non-hydrogen) atoms. The lowest BCUT2D eigenvalue weighted by atomic mass is 10.2. The first kappa shape index (κ1) is 19.3. The van der Waals surface area contributed by atoms with Crippen molar-refractivity contribution in [1.29, 1.82) is 0 Å². The first-order valence-electron chi connectivity index (χ1n) is 9.53. The summed E-state index contributed by atoms with van der Waals surface area (Å²) in [7, 11) is 0. The Morgan fingerprint density at radius 3 is 2.66 bits per heavy atom. The van der Waals surface area contributed by atoms with Crippen molar-refractivity contribution in [1.82, 2.24) is 29.5 Å². The maximum absolute atomic E-state index is 14.4. The second-order valence-corrected chi connectivity index (χ2v) is 6.99. The number of nitro groups is 1. The number of nitro benzene ring substituents is 1. The molecule has 10 nitrogen and oxygen atoms in total. The third kappa shape index (κ3) is 3.41. The van der Waals surface area contributed by atoms with E-state index in [0.717, 1.165) is 17.3 Å². The van der Waals surface area contributed by atoms with Gasteiger partial charge in [-0.05, 0) is 12.1 Å². The van der Waals surface area contributed by atoms with Gasteiger partial charge in [-0.3, -0.25) is 10.1 Å². The number of anilines is 1. The lowest BCUT2D eigenvalue weighted by Gasteiger charge is -2.07. The number of non-ortho nitro benzene ring substituents is 1. The minimum absolute atomic E-state index is 0.00943. The number of benzene rings is 2. The van der Waals surface area contributed by atoms with Crippen LogP contribution < -0.4 is 5.73 Å². The van der Waals surface area contributed by atoms with Gasteiger partial charge in [-0.2, -0.15) is 20.2 Å². The highest BCUT2D eigenvalue weighted by atomic mass is 19.1. The summed E-state index contributed by atoms with van der Waals surface area (Å²) in [6.45, 7) is 0.0115. The SMILES string of the molecule is Nc1nc(-n2ccc(-c3ccccc3)n2)c2cnn(Cc3ccc([N+](=O)[O-])cc3F)c2n1. The van der Waals surface area contributed by atoms with E-state index in [2.05, 4.69) is 20.2 Å². The number of nitrogens with zero attached hydrogens (tertiary/aromatic N) is 7. The van der Waals surface area contributed by atoms with Crippen LogP contribution in [0.5, 0.6) is 0 Å². The van der Waals surface area contributed by atoms with Gasteiger partial charge >= 0.3 is 0 Å². The summed E-state index contributed by atoms with van der Waals surface area (Å²) in [6.07, 6.45) is 3.31. The quantitative estimate of drug-likeness (QED) is 0.334. The Morgan fingerprint density at radius 1 is 1.09 bits per heavy atom. The lowest BCUT2D eigenvalue weighted by Crippen LogP contribution is -2.08. The Labute approximate surface area is 179 Å². The Bertz CT molecular complexity index is 1460. The van der Waals surface area contributed by atoms with Gasteiger partial charge in [0.25, 0.3) is 5.69 Å². The van der Waals surface area contributed by atoms with Crippen LogP contribution in [0, 0.1) is 15.9 Å². The first-order chi connectivity index (χ1) is 15.5. The molecule has 5 aromatic rings.